The monoisotopic (exact) mass is 236 g/mol. The maximum absolute atomic E-state index is 4.51. The van der Waals surface area contributed by atoms with E-state index in [-0.39, 0.29) is 0 Å². The van der Waals surface area contributed by atoms with Gasteiger partial charge in [0, 0.05) is 25.3 Å². The van der Waals surface area contributed by atoms with Crippen LogP contribution in [0.1, 0.15) is 13.8 Å². The Labute approximate surface area is 104 Å². The van der Waals surface area contributed by atoms with E-state index in [1.807, 2.05) is 23.5 Å². The number of hydrogen-bond donors (Lipinski definition) is 1. The fraction of sp³-hybridized carbons (Fsp3) is 0.462. The van der Waals surface area contributed by atoms with Crippen LogP contribution < -0.4 is 0 Å². The normalized spacial score (nSPS) is 25.2. The van der Waals surface area contributed by atoms with Gasteiger partial charge in [0.2, 0.25) is 0 Å². The van der Waals surface area contributed by atoms with Crippen LogP contribution in [0, 0.1) is 5.92 Å². The number of thiol groups is 1. The van der Waals surface area contributed by atoms with Crippen molar-refractivity contribution in [2.75, 3.05) is 13.1 Å². The van der Waals surface area contributed by atoms with E-state index in [0.29, 0.717) is 12.0 Å². The van der Waals surface area contributed by atoms with E-state index < -0.39 is 0 Å². The Morgan fingerprint density at radius 1 is 1.38 bits per heavy atom. The Kier molecular flexibility index (Phi) is 6.19. The van der Waals surface area contributed by atoms with Gasteiger partial charge in [0.15, 0.2) is 0 Å². The van der Waals surface area contributed by atoms with Crippen molar-refractivity contribution in [3.8, 4) is 0 Å². The fourth-order valence-corrected chi connectivity index (χ4v) is 1.98. The van der Waals surface area contributed by atoms with Crippen molar-refractivity contribution in [1.82, 2.24) is 4.31 Å². The highest BCUT2D eigenvalue weighted by molar-refractivity contribution is 7.77. The number of hydrogen-bond acceptors (Lipinski definition) is 3. The Morgan fingerprint density at radius 2 is 2.12 bits per heavy atom. The van der Waals surface area contributed by atoms with Crippen LogP contribution in [-0.2, 0) is 0 Å². The van der Waals surface area contributed by atoms with Crippen LogP contribution in [0.25, 0.3) is 0 Å². The molecule has 0 heterocycles. The summed E-state index contributed by atoms with van der Waals surface area (Å²) < 4.78 is 2.04. The van der Waals surface area contributed by atoms with Gasteiger partial charge in [-0.2, -0.15) is 0 Å². The molecular formula is C13H20N2S. The Bertz CT molecular complexity index is 305. The maximum atomic E-state index is 4.51. The van der Waals surface area contributed by atoms with Gasteiger partial charge in [0.25, 0.3) is 0 Å². The van der Waals surface area contributed by atoms with Crippen molar-refractivity contribution in [3.05, 3.63) is 36.5 Å². The minimum Gasteiger partial charge on any atom is -0.293 e. The second-order valence-electron chi connectivity index (χ2n) is 3.82. The van der Waals surface area contributed by atoms with Crippen LogP contribution in [0.5, 0.6) is 0 Å². The van der Waals surface area contributed by atoms with Crippen molar-refractivity contribution >= 4 is 19.0 Å². The lowest BCUT2D eigenvalue weighted by molar-refractivity contribution is 0.379. The van der Waals surface area contributed by atoms with Crippen LogP contribution in [-0.4, -0.2) is 29.7 Å². The lowest BCUT2D eigenvalue weighted by Gasteiger charge is -2.28. The van der Waals surface area contributed by atoms with Gasteiger partial charge in [0.1, 0.15) is 0 Å². The number of aliphatic imine (C=N–C) groups is 1. The van der Waals surface area contributed by atoms with E-state index in [9.17, 15) is 0 Å². The van der Waals surface area contributed by atoms with Gasteiger partial charge in [-0.05, 0) is 18.9 Å². The average molecular weight is 236 g/mol. The van der Waals surface area contributed by atoms with E-state index in [1.54, 1.807) is 0 Å². The van der Waals surface area contributed by atoms with Gasteiger partial charge in [0.05, 0.1) is 0 Å². The maximum Gasteiger partial charge on any atom is 0.0446 e. The molecule has 0 aromatic carbocycles. The number of rotatable bonds is 5. The molecule has 0 saturated carbocycles. The van der Waals surface area contributed by atoms with Crippen molar-refractivity contribution in [3.63, 3.8) is 0 Å². The molecule has 2 nitrogen and oxygen atoms in total. The minimum absolute atomic E-state index is 0.376. The van der Waals surface area contributed by atoms with Crippen LogP contribution in [0.2, 0.25) is 0 Å². The summed E-state index contributed by atoms with van der Waals surface area (Å²) in [6.07, 6.45) is 14.4. The van der Waals surface area contributed by atoms with Crippen LogP contribution in [0.4, 0.5) is 0 Å². The second kappa shape index (κ2) is 7.47. The van der Waals surface area contributed by atoms with Crippen molar-refractivity contribution < 1.29 is 0 Å². The van der Waals surface area contributed by atoms with Gasteiger partial charge in [-0.1, -0.05) is 50.1 Å². The highest BCUT2D eigenvalue weighted by Gasteiger charge is 2.18. The number of nitrogens with zero attached hydrogens (tertiary/aromatic N) is 2. The summed E-state index contributed by atoms with van der Waals surface area (Å²) in [5.41, 5.74) is 0. The van der Waals surface area contributed by atoms with Gasteiger partial charge in [-0.15, -0.1) is 0 Å². The van der Waals surface area contributed by atoms with Crippen molar-refractivity contribution in [1.29, 1.82) is 0 Å². The lowest BCUT2D eigenvalue weighted by Crippen LogP contribution is -2.31. The molecule has 0 aromatic rings. The molecule has 0 spiro atoms. The third kappa shape index (κ3) is 4.37. The zero-order valence-electron chi connectivity index (χ0n) is 9.95. The molecular weight excluding hydrogens is 216 g/mol. The molecule has 1 aliphatic rings. The van der Waals surface area contributed by atoms with Gasteiger partial charge >= 0.3 is 0 Å². The summed E-state index contributed by atoms with van der Waals surface area (Å²) in [6, 6.07) is 0.376. The molecule has 0 saturated heterocycles. The van der Waals surface area contributed by atoms with Crippen molar-refractivity contribution in [2.24, 2.45) is 10.9 Å². The summed E-state index contributed by atoms with van der Waals surface area (Å²) in [5, 5.41) is 0. The smallest absolute Gasteiger partial charge is 0.0446 e. The zero-order chi connectivity index (χ0) is 11.8. The highest BCUT2D eigenvalue weighted by Crippen LogP contribution is 2.19. The summed E-state index contributed by atoms with van der Waals surface area (Å²) in [5.74, 6) is 0.514. The van der Waals surface area contributed by atoms with Gasteiger partial charge in [-0.25, -0.2) is 4.31 Å². The first-order chi connectivity index (χ1) is 7.75. The van der Waals surface area contributed by atoms with E-state index in [0.717, 1.165) is 13.1 Å². The standard InChI is InChI=1S/C13H20N2S/c1-3-14-10-6-7-11-15(16)13-9-5-4-8-12(13)2/h4-10,12-13,16H,3,11H2,1-2H3/b7-6-,14-10-. The van der Waals surface area contributed by atoms with Gasteiger partial charge in [-0.3, -0.25) is 4.99 Å². The first kappa shape index (κ1) is 13.3. The topological polar surface area (TPSA) is 15.6 Å². The first-order valence-electron chi connectivity index (χ1n) is 5.71. The molecule has 2 atom stereocenters. The number of allylic oxidation sites excluding steroid dienone is 3. The Hall–Kier alpha value is -0.800. The summed E-state index contributed by atoms with van der Waals surface area (Å²) in [4.78, 5) is 4.12. The predicted octanol–water partition coefficient (Wildman–Crippen LogP) is 2.91. The lowest BCUT2D eigenvalue weighted by atomic mass is 9.97. The van der Waals surface area contributed by atoms with E-state index in [4.69, 9.17) is 0 Å². The molecule has 0 aliphatic heterocycles. The van der Waals surface area contributed by atoms with Crippen molar-refractivity contribution in [2.45, 2.75) is 19.9 Å². The highest BCUT2D eigenvalue weighted by atomic mass is 32.1. The van der Waals surface area contributed by atoms with Gasteiger partial charge < -0.3 is 0 Å². The molecule has 2 unspecified atom stereocenters. The fourth-order valence-electron chi connectivity index (χ4n) is 1.59. The molecule has 0 N–H and O–H groups in total. The SMILES string of the molecule is CC/N=C\C=C/CN(S)C1C=CC=CC1C. The molecule has 16 heavy (non-hydrogen) atoms. The van der Waals surface area contributed by atoms with Crippen LogP contribution in [0.15, 0.2) is 41.4 Å². The third-order valence-electron chi connectivity index (χ3n) is 2.52. The predicted molar refractivity (Wildman–Crippen MR) is 75.1 cm³/mol. The molecule has 0 aromatic heterocycles. The third-order valence-corrected chi connectivity index (χ3v) is 2.95. The summed E-state index contributed by atoms with van der Waals surface area (Å²) >= 11 is 4.51. The average Bonchev–Trinajstić information content (AvgIpc) is 2.29. The molecule has 88 valence electrons. The Balaban J connectivity index is 2.37. The summed E-state index contributed by atoms with van der Waals surface area (Å²) in [6.45, 7) is 5.89. The molecule has 0 amide bonds. The first-order valence-corrected chi connectivity index (χ1v) is 6.11. The largest absolute Gasteiger partial charge is 0.293 e. The zero-order valence-corrected chi connectivity index (χ0v) is 10.8. The Morgan fingerprint density at radius 3 is 2.81 bits per heavy atom. The molecule has 0 fully saturated rings. The molecule has 0 radical (unpaired) electrons. The quantitative estimate of drug-likeness (QED) is 0.573. The van der Waals surface area contributed by atoms with Crippen LogP contribution in [0.3, 0.4) is 0 Å². The molecule has 3 heteroatoms. The molecule has 1 rings (SSSR count). The van der Waals surface area contributed by atoms with E-state index in [1.165, 1.54) is 0 Å². The molecule has 1 aliphatic carbocycles. The second-order valence-corrected chi connectivity index (χ2v) is 4.33. The van der Waals surface area contributed by atoms with Crippen LogP contribution >= 0.6 is 12.8 Å². The minimum atomic E-state index is 0.376. The summed E-state index contributed by atoms with van der Waals surface area (Å²) in [7, 11) is 0. The van der Waals surface area contributed by atoms with E-state index in [2.05, 4.69) is 55.1 Å². The molecule has 0 bridgehead atoms. The van der Waals surface area contributed by atoms with E-state index >= 15 is 0 Å².